The van der Waals surface area contributed by atoms with E-state index in [0.717, 1.165) is 22.0 Å². The minimum Gasteiger partial charge on any atom is -0.458 e. The highest BCUT2D eigenvalue weighted by molar-refractivity contribution is 7.14. The molecule has 0 radical (unpaired) electrons. The average Bonchev–Trinajstić information content (AvgIpc) is 3.38. The van der Waals surface area contributed by atoms with Gasteiger partial charge in [0.25, 0.3) is 5.91 Å². The van der Waals surface area contributed by atoms with E-state index >= 15 is 0 Å². The summed E-state index contributed by atoms with van der Waals surface area (Å²) in [6.07, 6.45) is 0. The summed E-state index contributed by atoms with van der Waals surface area (Å²) in [4.78, 5) is 31.2. The number of fused-ring (bicyclic) bond motifs is 1. The molecule has 0 atom stereocenters. The monoisotopic (exact) mass is 408 g/mol. The van der Waals surface area contributed by atoms with Crippen LogP contribution in [-0.2, 0) is 11.3 Å². The topological polar surface area (TPSA) is 100 Å². The van der Waals surface area contributed by atoms with E-state index in [-0.39, 0.29) is 11.8 Å². The van der Waals surface area contributed by atoms with Gasteiger partial charge < -0.3 is 14.7 Å². The van der Waals surface area contributed by atoms with Crippen molar-refractivity contribution in [2.45, 2.75) is 27.3 Å². The number of aromatic amines is 1. The number of hydrogen-bond donors (Lipinski definition) is 3. The van der Waals surface area contributed by atoms with Gasteiger partial charge in [0.05, 0.1) is 6.54 Å². The van der Waals surface area contributed by atoms with Gasteiger partial charge in [0.1, 0.15) is 17.1 Å². The summed E-state index contributed by atoms with van der Waals surface area (Å²) in [7, 11) is 0. The Hall–Kier alpha value is -3.39. The van der Waals surface area contributed by atoms with Crippen molar-refractivity contribution in [3.05, 3.63) is 58.3 Å². The molecule has 8 heteroatoms. The predicted octanol–water partition coefficient (Wildman–Crippen LogP) is 4.39. The molecule has 7 nitrogen and oxygen atoms in total. The number of aromatic nitrogens is 2. The normalized spacial score (nSPS) is 11.0. The molecule has 2 amide bonds. The lowest BCUT2D eigenvalue weighted by molar-refractivity contribution is -0.119. The van der Waals surface area contributed by atoms with E-state index in [9.17, 15) is 9.59 Å². The Kier molecular flexibility index (Phi) is 4.94. The Labute approximate surface area is 171 Å². The Balaban J connectivity index is 1.48. The number of furan rings is 1. The lowest BCUT2D eigenvalue weighted by atomic mass is 10.1. The first-order valence-corrected chi connectivity index (χ1v) is 9.97. The van der Waals surface area contributed by atoms with Crippen LogP contribution >= 0.6 is 11.3 Å². The van der Waals surface area contributed by atoms with Crippen LogP contribution in [0.1, 0.15) is 34.3 Å². The molecular weight excluding hydrogens is 388 g/mol. The summed E-state index contributed by atoms with van der Waals surface area (Å²) in [5, 5.41) is 8.84. The number of hydrogen-bond acceptors (Lipinski definition) is 5. The lowest BCUT2D eigenvalue weighted by Gasteiger charge is -1.98. The Morgan fingerprint density at radius 1 is 1.21 bits per heavy atom. The SMILES string of the molecule is CC(=O)NCc1ccc(-c2csc(NC(=O)c3cc4c(C)cc(C)cc4[nH]3)n2)o1. The first kappa shape index (κ1) is 18.9. The summed E-state index contributed by atoms with van der Waals surface area (Å²) in [6, 6.07) is 9.55. The first-order valence-electron chi connectivity index (χ1n) is 9.09. The maximum Gasteiger partial charge on any atom is 0.273 e. The zero-order valence-electron chi connectivity index (χ0n) is 16.3. The standard InChI is InChI=1S/C21H20N4O3S/c1-11-6-12(2)15-8-17(23-16(15)7-11)20(27)25-21-24-18(10-29-21)19-5-4-14(28-19)9-22-13(3)26/h4-8,10,23H,9H2,1-3H3,(H,22,26)(H,24,25,27). The van der Waals surface area contributed by atoms with Crippen molar-refractivity contribution in [1.82, 2.24) is 15.3 Å². The van der Waals surface area contributed by atoms with Crippen LogP contribution in [0.15, 0.2) is 40.1 Å². The summed E-state index contributed by atoms with van der Waals surface area (Å²) in [5.74, 6) is 0.852. The van der Waals surface area contributed by atoms with Crippen LogP contribution in [0, 0.1) is 13.8 Å². The second kappa shape index (κ2) is 7.56. The largest absolute Gasteiger partial charge is 0.458 e. The molecule has 0 aliphatic heterocycles. The fourth-order valence-electron chi connectivity index (χ4n) is 3.15. The Morgan fingerprint density at radius 2 is 2.03 bits per heavy atom. The minimum absolute atomic E-state index is 0.121. The third-order valence-corrected chi connectivity index (χ3v) is 5.24. The van der Waals surface area contributed by atoms with Gasteiger partial charge in [0.2, 0.25) is 5.91 Å². The quantitative estimate of drug-likeness (QED) is 0.456. The summed E-state index contributed by atoms with van der Waals surface area (Å²) < 4.78 is 5.70. The fraction of sp³-hybridized carbons (Fsp3) is 0.190. The van der Waals surface area contributed by atoms with E-state index in [1.54, 1.807) is 12.1 Å². The number of benzene rings is 1. The molecule has 4 rings (SSSR count). The van der Waals surface area contributed by atoms with Crippen LogP contribution in [0.4, 0.5) is 5.13 Å². The molecule has 29 heavy (non-hydrogen) atoms. The fourth-order valence-corrected chi connectivity index (χ4v) is 3.85. The molecule has 0 bridgehead atoms. The van der Waals surface area contributed by atoms with Crippen molar-refractivity contribution in [3.63, 3.8) is 0 Å². The number of rotatable bonds is 5. The molecule has 3 aromatic heterocycles. The van der Waals surface area contributed by atoms with Crippen LogP contribution in [0.3, 0.4) is 0 Å². The lowest BCUT2D eigenvalue weighted by Crippen LogP contribution is -2.18. The molecule has 148 valence electrons. The van der Waals surface area contributed by atoms with Crippen LogP contribution in [-0.4, -0.2) is 21.8 Å². The second-order valence-corrected chi connectivity index (χ2v) is 7.75. The molecule has 3 heterocycles. The number of carbonyl (C=O) groups excluding carboxylic acids is 2. The van der Waals surface area contributed by atoms with Gasteiger partial charge in [-0.25, -0.2) is 4.98 Å². The molecule has 0 unspecified atom stereocenters. The second-order valence-electron chi connectivity index (χ2n) is 6.89. The van der Waals surface area contributed by atoms with Crippen LogP contribution < -0.4 is 10.6 Å². The smallest absolute Gasteiger partial charge is 0.273 e. The van der Waals surface area contributed by atoms with Gasteiger partial charge in [-0.15, -0.1) is 11.3 Å². The number of thiazole rings is 1. The molecule has 0 fully saturated rings. The van der Waals surface area contributed by atoms with Crippen molar-refractivity contribution < 1.29 is 14.0 Å². The zero-order chi connectivity index (χ0) is 20.5. The van der Waals surface area contributed by atoms with Crippen molar-refractivity contribution in [2.75, 3.05) is 5.32 Å². The summed E-state index contributed by atoms with van der Waals surface area (Å²) in [5.41, 5.74) is 4.32. The highest BCUT2D eigenvalue weighted by atomic mass is 32.1. The summed E-state index contributed by atoms with van der Waals surface area (Å²) in [6.45, 7) is 5.83. The van der Waals surface area contributed by atoms with Crippen molar-refractivity contribution in [1.29, 1.82) is 0 Å². The molecule has 0 saturated carbocycles. The van der Waals surface area contributed by atoms with E-state index in [4.69, 9.17) is 4.42 Å². The van der Waals surface area contributed by atoms with Crippen molar-refractivity contribution >= 4 is 39.2 Å². The average molecular weight is 408 g/mol. The highest BCUT2D eigenvalue weighted by Crippen LogP contribution is 2.27. The van der Waals surface area contributed by atoms with Gasteiger partial charge in [0, 0.05) is 23.2 Å². The van der Waals surface area contributed by atoms with E-state index in [1.807, 2.05) is 31.4 Å². The number of anilines is 1. The summed E-state index contributed by atoms with van der Waals surface area (Å²) >= 11 is 1.32. The molecule has 1 aromatic carbocycles. The van der Waals surface area contributed by atoms with Crippen molar-refractivity contribution in [3.8, 4) is 11.5 Å². The van der Waals surface area contributed by atoms with Crippen LogP contribution in [0.5, 0.6) is 0 Å². The molecule has 0 spiro atoms. The van der Waals surface area contributed by atoms with E-state index in [1.165, 1.54) is 18.3 Å². The molecule has 4 aromatic rings. The van der Waals surface area contributed by atoms with Gasteiger partial charge >= 0.3 is 0 Å². The molecule has 0 saturated heterocycles. The molecule has 0 aliphatic carbocycles. The van der Waals surface area contributed by atoms with E-state index < -0.39 is 0 Å². The maximum absolute atomic E-state index is 12.6. The third-order valence-electron chi connectivity index (χ3n) is 4.48. The molecular formula is C21H20N4O3S. The van der Waals surface area contributed by atoms with Crippen LogP contribution in [0.25, 0.3) is 22.4 Å². The van der Waals surface area contributed by atoms with Gasteiger partial charge in [-0.2, -0.15) is 0 Å². The Bertz CT molecular complexity index is 1220. The van der Waals surface area contributed by atoms with Crippen LogP contribution in [0.2, 0.25) is 0 Å². The number of amides is 2. The van der Waals surface area contributed by atoms with Gasteiger partial charge in [-0.05, 0) is 49.2 Å². The van der Waals surface area contributed by atoms with Crippen molar-refractivity contribution in [2.24, 2.45) is 0 Å². The van der Waals surface area contributed by atoms with Gasteiger partial charge in [-0.1, -0.05) is 6.07 Å². The number of H-pyrrole nitrogens is 1. The molecule has 3 N–H and O–H groups in total. The Morgan fingerprint density at radius 3 is 2.83 bits per heavy atom. The number of nitrogens with zero attached hydrogens (tertiary/aromatic N) is 1. The highest BCUT2D eigenvalue weighted by Gasteiger charge is 2.15. The van der Waals surface area contributed by atoms with Gasteiger partial charge in [-0.3, -0.25) is 14.9 Å². The maximum atomic E-state index is 12.6. The third kappa shape index (κ3) is 4.07. The number of nitrogens with one attached hydrogen (secondary N) is 3. The van der Waals surface area contributed by atoms with E-state index in [2.05, 4.69) is 26.7 Å². The number of carbonyl (C=O) groups is 2. The number of aryl methyl sites for hydroxylation is 2. The minimum atomic E-state index is -0.245. The van der Waals surface area contributed by atoms with E-state index in [0.29, 0.717) is 34.6 Å². The first-order chi connectivity index (χ1) is 13.9. The zero-order valence-corrected chi connectivity index (χ0v) is 17.1. The predicted molar refractivity (Wildman–Crippen MR) is 113 cm³/mol. The van der Waals surface area contributed by atoms with Gasteiger partial charge in [0.15, 0.2) is 10.9 Å². The molecule has 0 aliphatic rings.